The highest BCUT2D eigenvalue weighted by atomic mass is 32.2. The zero-order chi connectivity index (χ0) is 14.1. The standard InChI is InChI=1S/C11H12N6OS2/c1-3-6-4-7-8(19-6)13-10(15-12)14-9(7)20-11-17-16-5(2)18-11/h4H,3,12H2,1-2H3,(H,13,14,15). The Balaban J connectivity index is 2.09. The molecule has 3 heterocycles. The van der Waals surface area contributed by atoms with E-state index in [4.69, 9.17) is 10.3 Å². The minimum Gasteiger partial charge on any atom is -0.416 e. The zero-order valence-electron chi connectivity index (χ0n) is 10.9. The number of hydrogen-bond acceptors (Lipinski definition) is 9. The Morgan fingerprint density at radius 1 is 1.40 bits per heavy atom. The molecule has 9 heteroatoms. The van der Waals surface area contributed by atoms with Crippen LogP contribution in [0.25, 0.3) is 10.2 Å². The highest BCUT2D eigenvalue weighted by molar-refractivity contribution is 7.99. The zero-order valence-corrected chi connectivity index (χ0v) is 12.5. The highest BCUT2D eigenvalue weighted by Crippen LogP contribution is 2.35. The quantitative estimate of drug-likeness (QED) is 0.430. The molecule has 3 N–H and O–H groups in total. The van der Waals surface area contributed by atoms with Gasteiger partial charge in [-0.15, -0.1) is 21.5 Å². The third-order valence-electron chi connectivity index (χ3n) is 2.58. The van der Waals surface area contributed by atoms with Gasteiger partial charge in [0.15, 0.2) is 0 Å². The normalized spacial score (nSPS) is 11.2. The van der Waals surface area contributed by atoms with Crippen molar-refractivity contribution in [3.05, 3.63) is 16.8 Å². The number of nitrogens with two attached hydrogens (primary N) is 1. The molecule has 0 amide bonds. The fourth-order valence-corrected chi connectivity index (χ4v) is 3.50. The molecule has 20 heavy (non-hydrogen) atoms. The summed E-state index contributed by atoms with van der Waals surface area (Å²) in [6.07, 6.45) is 0.955. The van der Waals surface area contributed by atoms with Gasteiger partial charge in [0, 0.05) is 17.2 Å². The molecule has 104 valence electrons. The number of nitrogens with zero attached hydrogens (tertiary/aromatic N) is 4. The van der Waals surface area contributed by atoms with Gasteiger partial charge in [-0.1, -0.05) is 6.92 Å². The van der Waals surface area contributed by atoms with Crippen LogP contribution in [0.3, 0.4) is 0 Å². The Morgan fingerprint density at radius 3 is 2.90 bits per heavy atom. The van der Waals surface area contributed by atoms with Gasteiger partial charge in [0.25, 0.3) is 5.22 Å². The van der Waals surface area contributed by atoms with Crippen LogP contribution in [0, 0.1) is 6.92 Å². The van der Waals surface area contributed by atoms with E-state index in [2.05, 4.69) is 38.6 Å². The summed E-state index contributed by atoms with van der Waals surface area (Å²) < 4.78 is 5.38. The number of aromatic nitrogens is 4. The van der Waals surface area contributed by atoms with Crippen molar-refractivity contribution in [2.24, 2.45) is 5.84 Å². The summed E-state index contributed by atoms with van der Waals surface area (Å²) in [7, 11) is 0. The van der Waals surface area contributed by atoms with Crippen molar-refractivity contribution in [2.75, 3.05) is 5.43 Å². The highest BCUT2D eigenvalue weighted by Gasteiger charge is 2.15. The van der Waals surface area contributed by atoms with Gasteiger partial charge < -0.3 is 4.42 Å². The second-order valence-corrected chi connectivity index (χ2v) is 6.03. The van der Waals surface area contributed by atoms with Gasteiger partial charge >= 0.3 is 0 Å². The molecule has 0 aliphatic heterocycles. The van der Waals surface area contributed by atoms with E-state index in [-0.39, 0.29) is 0 Å². The van der Waals surface area contributed by atoms with Gasteiger partial charge in [-0.25, -0.2) is 15.8 Å². The SMILES string of the molecule is CCc1cc2c(Sc3nnc(C)o3)nc(NN)nc2s1. The van der Waals surface area contributed by atoms with Gasteiger partial charge in [0.05, 0.1) is 0 Å². The lowest BCUT2D eigenvalue weighted by atomic mass is 10.3. The van der Waals surface area contributed by atoms with E-state index in [0.29, 0.717) is 17.1 Å². The lowest BCUT2D eigenvalue weighted by Crippen LogP contribution is -2.10. The number of anilines is 1. The van der Waals surface area contributed by atoms with Crippen molar-refractivity contribution in [1.29, 1.82) is 0 Å². The van der Waals surface area contributed by atoms with Crippen LogP contribution in [0.1, 0.15) is 17.7 Å². The average molecular weight is 308 g/mol. The van der Waals surface area contributed by atoms with Gasteiger partial charge in [-0.05, 0) is 24.2 Å². The number of aryl methyl sites for hydroxylation is 2. The Labute approximate surface area is 123 Å². The van der Waals surface area contributed by atoms with Gasteiger partial charge in [-0.2, -0.15) is 0 Å². The Bertz CT molecular complexity index is 753. The Kier molecular flexibility index (Phi) is 3.55. The number of rotatable bonds is 4. The van der Waals surface area contributed by atoms with Crippen LogP contribution in [-0.4, -0.2) is 20.2 Å². The van der Waals surface area contributed by atoms with Gasteiger partial charge in [-0.3, -0.25) is 5.43 Å². The third kappa shape index (κ3) is 2.47. The van der Waals surface area contributed by atoms with Crippen LogP contribution < -0.4 is 11.3 Å². The molecule has 0 aliphatic carbocycles. The van der Waals surface area contributed by atoms with E-state index in [1.165, 1.54) is 16.6 Å². The summed E-state index contributed by atoms with van der Waals surface area (Å²) in [5.74, 6) is 6.31. The molecule has 0 saturated heterocycles. The summed E-state index contributed by atoms with van der Waals surface area (Å²) in [5.41, 5.74) is 2.48. The monoisotopic (exact) mass is 308 g/mol. The molecule has 3 aromatic rings. The number of fused-ring (bicyclic) bond motifs is 1. The molecule has 0 aliphatic rings. The average Bonchev–Trinajstić information content (AvgIpc) is 3.04. The lowest BCUT2D eigenvalue weighted by molar-refractivity contribution is 0.429. The van der Waals surface area contributed by atoms with Crippen molar-refractivity contribution >= 4 is 39.3 Å². The number of nitrogens with one attached hydrogen (secondary N) is 1. The first kappa shape index (κ1) is 13.3. The van der Waals surface area contributed by atoms with Gasteiger partial charge in [0.2, 0.25) is 11.8 Å². The van der Waals surface area contributed by atoms with Crippen LogP contribution in [0.5, 0.6) is 0 Å². The topological polar surface area (TPSA) is 103 Å². The van der Waals surface area contributed by atoms with Crippen LogP contribution in [-0.2, 0) is 6.42 Å². The Hall–Kier alpha value is -1.71. The summed E-state index contributed by atoms with van der Waals surface area (Å²) in [6, 6.07) is 2.09. The second kappa shape index (κ2) is 5.35. The molecule has 7 nitrogen and oxygen atoms in total. The molecule has 0 atom stereocenters. The largest absolute Gasteiger partial charge is 0.416 e. The first-order valence-corrected chi connectivity index (χ1v) is 7.58. The van der Waals surface area contributed by atoms with E-state index in [1.54, 1.807) is 18.3 Å². The van der Waals surface area contributed by atoms with Crippen LogP contribution in [0.4, 0.5) is 5.95 Å². The molecular weight excluding hydrogens is 296 g/mol. The number of hydrazine groups is 1. The molecule has 3 rings (SSSR count). The van der Waals surface area contributed by atoms with Crippen molar-refractivity contribution in [3.63, 3.8) is 0 Å². The molecule has 0 bridgehead atoms. The van der Waals surface area contributed by atoms with E-state index in [1.807, 2.05) is 0 Å². The number of hydrogen-bond donors (Lipinski definition) is 2. The van der Waals surface area contributed by atoms with E-state index in [0.717, 1.165) is 21.7 Å². The third-order valence-corrected chi connectivity index (χ3v) is 4.60. The molecule has 0 aromatic carbocycles. The van der Waals surface area contributed by atoms with Gasteiger partial charge in [0.1, 0.15) is 9.86 Å². The summed E-state index contributed by atoms with van der Waals surface area (Å²) in [4.78, 5) is 10.9. The predicted octanol–water partition coefficient (Wildman–Crippen LogP) is 2.38. The molecular formula is C11H12N6OS2. The molecule has 0 unspecified atom stereocenters. The van der Waals surface area contributed by atoms with Crippen LogP contribution >= 0.6 is 23.1 Å². The summed E-state index contributed by atoms with van der Waals surface area (Å²) in [5, 5.41) is 9.96. The van der Waals surface area contributed by atoms with Crippen molar-refractivity contribution in [1.82, 2.24) is 20.2 Å². The van der Waals surface area contributed by atoms with Crippen molar-refractivity contribution in [2.45, 2.75) is 30.5 Å². The van der Waals surface area contributed by atoms with Crippen molar-refractivity contribution < 1.29 is 4.42 Å². The minimum atomic E-state index is 0.376. The van der Waals surface area contributed by atoms with E-state index < -0.39 is 0 Å². The predicted molar refractivity (Wildman–Crippen MR) is 77.8 cm³/mol. The molecule has 0 spiro atoms. The summed E-state index contributed by atoms with van der Waals surface area (Å²) in [6.45, 7) is 3.85. The smallest absolute Gasteiger partial charge is 0.282 e. The minimum absolute atomic E-state index is 0.376. The Morgan fingerprint density at radius 2 is 2.25 bits per heavy atom. The molecule has 3 aromatic heterocycles. The second-order valence-electron chi connectivity index (χ2n) is 3.97. The fraction of sp³-hybridized carbons (Fsp3) is 0.273. The summed E-state index contributed by atoms with van der Waals surface area (Å²) >= 11 is 2.94. The van der Waals surface area contributed by atoms with Crippen LogP contribution in [0.2, 0.25) is 0 Å². The first-order chi connectivity index (χ1) is 9.69. The maximum atomic E-state index is 5.42. The molecule has 0 saturated carbocycles. The van der Waals surface area contributed by atoms with E-state index in [9.17, 15) is 0 Å². The lowest BCUT2D eigenvalue weighted by Gasteiger charge is -2.02. The van der Waals surface area contributed by atoms with Crippen molar-refractivity contribution in [3.8, 4) is 0 Å². The number of nitrogen functional groups attached to an aromatic ring is 1. The number of thiophene rings is 1. The fourth-order valence-electron chi connectivity index (χ4n) is 1.66. The maximum Gasteiger partial charge on any atom is 0.282 e. The first-order valence-electron chi connectivity index (χ1n) is 5.94. The molecule has 0 fully saturated rings. The molecule has 0 radical (unpaired) electrons. The van der Waals surface area contributed by atoms with E-state index >= 15 is 0 Å². The van der Waals surface area contributed by atoms with Crippen LogP contribution in [0.15, 0.2) is 20.7 Å². The maximum absolute atomic E-state index is 5.42.